The van der Waals surface area contributed by atoms with Crippen molar-refractivity contribution in [3.8, 4) is 0 Å². The van der Waals surface area contributed by atoms with Crippen LogP contribution in [-0.2, 0) is 4.79 Å². The molecule has 0 radical (unpaired) electrons. The van der Waals surface area contributed by atoms with E-state index in [9.17, 15) is 4.79 Å². The van der Waals surface area contributed by atoms with Crippen LogP contribution in [0.25, 0.3) is 0 Å². The molecule has 23 heavy (non-hydrogen) atoms. The molecule has 1 amide bonds. The molecule has 0 aromatic rings. The zero-order valence-corrected chi connectivity index (χ0v) is 15.0. The van der Waals surface area contributed by atoms with Crippen LogP contribution < -0.4 is 0 Å². The molecule has 132 valence electrons. The summed E-state index contributed by atoms with van der Waals surface area (Å²) in [6.45, 7) is 8.54. The second-order valence-corrected chi connectivity index (χ2v) is 7.93. The Labute approximate surface area is 141 Å². The Bertz CT molecular complexity index is 386. The van der Waals surface area contributed by atoms with Crippen LogP contribution in [0.1, 0.15) is 32.1 Å². The van der Waals surface area contributed by atoms with Crippen molar-refractivity contribution in [2.24, 2.45) is 5.92 Å². The average Bonchev–Trinajstić information content (AvgIpc) is 2.55. The largest absolute Gasteiger partial charge is 0.337 e. The van der Waals surface area contributed by atoms with Crippen molar-refractivity contribution in [2.45, 2.75) is 38.1 Å². The maximum absolute atomic E-state index is 12.5. The molecule has 3 aliphatic heterocycles. The van der Waals surface area contributed by atoms with Crippen molar-refractivity contribution >= 4 is 5.91 Å². The Hall–Kier alpha value is -0.650. The summed E-state index contributed by atoms with van der Waals surface area (Å²) in [4.78, 5) is 21.9. The van der Waals surface area contributed by atoms with Gasteiger partial charge in [-0.25, -0.2) is 0 Å². The topological polar surface area (TPSA) is 30.0 Å². The molecule has 0 saturated carbocycles. The van der Waals surface area contributed by atoms with Gasteiger partial charge in [-0.05, 0) is 84.8 Å². The molecule has 5 heteroatoms. The van der Waals surface area contributed by atoms with E-state index in [1.54, 1.807) is 0 Å². The van der Waals surface area contributed by atoms with Crippen molar-refractivity contribution < 1.29 is 4.79 Å². The van der Waals surface area contributed by atoms with Gasteiger partial charge >= 0.3 is 0 Å². The molecule has 0 atom stereocenters. The average molecular weight is 322 g/mol. The zero-order valence-electron chi connectivity index (χ0n) is 15.0. The Kier molecular flexibility index (Phi) is 5.94. The molecule has 3 heterocycles. The summed E-state index contributed by atoms with van der Waals surface area (Å²) >= 11 is 0. The van der Waals surface area contributed by atoms with Gasteiger partial charge in [0, 0.05) is 19.1 Å². The fourth-order valence-corrected chi connectivity index (χ4v) is 4.33. The number of piperidine rings is 2. The Morgan fingerprint density at radius 3 is 2.09 bits per heavy atom. The van der Waals surface area contributed by atoms with E-state index in [0.717, 1.165) is 51.5 Å². The Balaban J connectivity index is 1.39. The van der Waals surface area contributed by atoms with E-state index in [4.69, 9.17) is 0 Å². The number of carbonyl (C=O) groups excluding carboxylic acids is 1. The smallest absolute Gasteiger partial charge is 0.237 e. The molecule has 3 rings (SSSR count). The molecular formula is C18H34N4O. The van der Waals surface area contributed by atoms with E-state index in [2.05, 4.69) is 33.7 Å². The summed E-state index contributed by atoms with van der Waals surface area (Å²) in [6.07, 6.45) is 6.24. The first kappa shape index (κ1) is 17.2. The normalized spacial score (nSPS) is 27.7. The third-order valence-electron chi connectivity index (χ3n) is 6.16. The number of nitrogens with zero attached hydrogens (tertiary/aromatic N) is 4. The maximum atomic E-state index is 12.5. The number of hydrogen-bond acceptors (Lipinski definition) is 4. The van der Waals surface area contributed by atoms with Gasteiger partial charge in [0.1, 0.15) is 0 Å². The molecule has 0 spiro atoms. The number of rotatable bonds is 4. The van der Waals surface area contributed by atoms with Crippen molar-refractivity contribution in [3.05, 3.63) is 0 Å². The zero-order chi connectivity index (χ0) is 16.2. The van der Waals surface area contributed by atoms with Crippen molar-refractivity contribution in [1.82, 2.24) is 19.6 Å². The second-order valence-electron chi connectivity index (χ2n) is 7.93. The van der Waals surface area contributed by atoms with E-state index >= 15 is 0 Å². The molecule has 5 nitrogen and oxygen atoms in total. The minimum atomic E-state index is 0.370. The highest BCUT2D eigenvalue weighted by Gasteiger charge is 2.31. The first-order valence-electron chi connectivity index (χ1n) is 9.50. The lowest BCUT2D eigenvalue weighted by Gasteiger charge is -2.42. The molecule has 0 bridgehead atoms. The molecular weight excluding hydrogens is 288 g/mol. The lowest BCUT2D eigenvalue weighted by atomic mass is 9.93. The summed E-state index contributed by atoms with van der Waals surface area (Å²) in [7, 11) is 4.40. The van der Waals surface area contributed by atoms with Crippen LogP contribution in [0, 0.1) is 5.92 Å². The molecule has 3 aliphatic rings. The van der Waals surface area contributed by atoms with Gasteiger partial charge in [0.05, 0.1) is 6.54 Å². The quantitative estimate of drug-likeness (QED) is 0.771. The number of hydrogen-bond donors (Lipinski definition) is 0. The lowest BCUT2D eigenvalue weighted by molar-refractivity contribution is -0.139. The summed E-state index contributed by atoms with van der Waals surface area (Å²) in [5, 5.41) is 0. The summed E-state index contributed by atoms with van der Waals surface area (Å²) in [5.74, 6) is 1.24. The van der Waals surface area contributed by atoms with E-state index in [-0.39, 0.29) is 0 Å². The highest BCUT2D eigenvalue weighted by Crippen LogP contribution is 2.22. The standard InChI is InChI=1S/C18H34N4O/c1-19-8-3-16(4-9-19)5-12-21-13-14-22(18(23)15-21)17-6-10-20(2)11-7-17/h16-17H,3-15H2,1-2H3. The first-order chi connectivity index (χ1) is 11.1. The third-order valence-corrected chi connectivity index (χ3v) is 6.16. The van der Waals surface area contributed by atoms with Crippen LogP contribution in [0.3, 0.4) is 0 Å². The van der Waals surface area contributed by atoms with Gasteiger partial charge in [0.15, 0.2) is 0 Å². The predicted octanol–water partition coefficient (Wildman–Crippen LogP) is 0.957. The van der Waals surface area contributed by atoms with Gasteiger partial charge in [-0.3, -0.25) is 9.69 Å². The SMILES string of the molecule is CN1CCC(CCN2CCN(C3CCN(C)CC3)C(=O)C2)CC1. The minimum Gasteiger partial charge on any atom is -0.337 e. The van der Waals surface area contributed by atoms with Gasteiger partial charge in [0.2, 0.25) is 5.91 Å². The van der Waals surface area contributed by atoms with E-state index in [1.165, 1.54) is 32.4 Å². The summed E-state index contributed by atoms with van der Waals surface area (Å²) < 4.78 is 0. The van der Waals surface area contributed by atoms with E-state index in [1.807, 2.05) is 0 Å². The van der Waals surface area contributed by atoms with Crippen LogP contribution in [0.4, 0.5) is 0 Å². The van der Waals surface area contributed by atoms with Gasteiger partial charge in [-0.15, -0.1) is 0 Å². The lowest BCUT2D eigenvalue weighted by Crippen LogP contribution is -2.56. The summed E-state index contributed by atoms with van der Waals surface area (Å²) in [5.41, 5.74) is 0. The van der Waals surface area contributed by atoms with E-state index in [0.29, 0.717) is 18.5 Å². The van der Waals surface area contributed by atoms with Gasteiger partial charge in [0.25, 0.3) is 0 Å². The Morgan fingerprint density at radius 1 is 0.870 bits per heavy atom. The second kappa shape index (κ2) is 7.95. The Morgan fingerprint density at radius 2 is 1.48 bits per heavy atom. The van der Waals surface area contributed by atoms with Crippen LogP contribution in [0.5, 0.6) is 0 Å². The van der Waals surface area contributed by atoms with Crippen LogP contribution in [-0.4, -0.2) is 98.0 Å². The fourth-order valence-electron chi connectivity index (χ4n) is 4.33. The molecule has 0 N–H and O–H groups in total. The predicted molar refractivity (Wildman–Crippen MR) is 93.5 cm³/mol. The molecule has 3 fully saturated rings. The van der Waals surface area contributed by atoms with Crippen molar-refractivity contribution in [2.75, 3.05) is 66.5 Å². The van der Waals surface area contributed by atoms with Crippen molar-refractivity contribution in [1.29, 1.82) is 0 Å². The van der Waals surface area contributed by atoms with Crippen molar-refractivity contribution in [3.63, 3.8) is 0 Å². The molecule has 0 unspecified atom stereocenters. The van der Waals surface area contributed by atoms with Gasteiger partial charge in [-0.2, -0.15) is 0 Å². The van der Waals surface area contributed by atoms with Crippen LogP contribution in [0.15, 0.2) is 0 Å². The monoisotopic (exact) mass is 322 g/mol. The van der Waals surface area contributed by atoms with Crippen LogP contribution >= 0.6 is 0 Å². The number of piperazine rings is 1. The third kappa shape index (κ3) is 4.68. The first-order valence-corrected chi connectivity index (χ1v) is 9.50. The van der Waals surface area contributed by atoms with E-state index < -0.39 is 0 Å². The number of likely N-dealkylation sites (tertiary alicyclic amines) is 2. The summed E-state index contributed by atoms with van der Waals surface area (Å²) in [6, 6.07) is 0.495. The molecule has 3 saturated heterocycles. The molecule has 0 aromatic heterocycles. The molecule has 0 aliphatic carbocycles. The minimum absolute atomic E-state index is 0.370. The number of carbonyl (C=O) groups is 1. The fraction of sp³-hybridized carbons (Fsp3) is 0.944. The van der Waals surface area contributed by atoms with Crippen LogP contribution in [0.2, 0.25) is 0 Å². The maximum Gasteiger partial charge on any atom is 0.237 e. The number of amides is 1. The highest BCUT2D eigenvalue weighted by atomic mass is 16.2. The molecule has 0 aromatic carbocycles. The highest BCUT2D eigenvalue weighted by molar-refractivity contribution is 5.79. The van der Waals surface area contributed by atoms with Gasteiger partial charge < -0.3 is 14.7 Å². The van der Waals surface area contributed by atoms with Gasteiger partial charge in [-0.1, -0.05) is 0 Å².